The van der Waals surface area contributed by atoms with Crippen molar-refractivity contribution in [3.05, 3.63) is 28.8 Å². The zero-order valence-electron chi connectivity index (χ0n) is 10.4. The van der Waals surface area contributed by atoms with Crippen molar-refractivity contribution < 1.29 is 9.00 Å². The molecule has 0 saturated carbocycles. The summed E-state index contributed by atoms with van der Waals surface area (Å²) >= 11 is 5.95. The lowest BCUT2D eigenvalue weighted by Crippen LogP contribution is -2.34. The van der Waals surface area contributed by atoms with Crippen molar-refractivity contribution in [1.29, 1.82) is 0 Å². The van der Waals surface area contributed by atoms with E-state index in [1.54, 1.807) is 24.5 Å². The molecule has 0 aliphatic carbocycles. The number of carbonyl (C=O) groups excluding carboxylic acids is 1. The van der Waals surface area contributed by atoms with Crippen molar-refractivity contribution in [3.63, 3.8) is 0 Å². The van der Waals surface area contributed by atoms with Gasteiger partial charge >= 0.3 is 0 Å². The van der Waals surface area contributed by atoms with Crippen LogP contribution in [-0.2, 0) is 10.8 Å². The predicted octanol–water partition coefficient (Wildman–Crippen LogP) is 1.81. The van der Waals surface area contributed by atoms with Crippen LogP contribution in [0.25, 0.3) is 0 Å². The molecule has 0 fully saturated rings. The minimum Gasteiger partial charge on any atom is -0.398 e. The number of hydrogen-bond donors (Lipinski definition) is 2. The second-order valence-corrected chi connectivity index (χ2v) is 6.11. The van der Waals surface area contributed by atoms with Crippen molar-refractivity contribution >= 4 is 34.0 Å². The third kappa shape index (κ3) is 4.31. The number of anilines is 1. The van der Waals surface area contributed by atoms with Crippen LogP contribution in [-0.4, -0.2) is 28.2 Å². The standard InChI is InChI=1S/C12H17ClN2O2S/c1-8(6-7-18(2)17)15-12(16)11-9(13)4-3-5-10(11)14/h3-5,8H,6-7,14H2,1-2H3,(H,15,16). The third-order valence-corrected chi connectivity index (χ3v) is 3.61. The number of nitrogens with two attached hydrogens (primary N) is 1. The molecule has 0 heterocycles. The summed E-state index contributed by atoms with van der Waals surface area (Å²) in [5.74, 6) is 0.256. The van der Waals surface area contributed by atoms with Gasteiger partial charge in [0.25, 0.3) is 5.91 Å². The molecule has 1 aromatic rings. The zero-order valence-corrected chi connectivity index (χ0v) is 12.0. The molecule has 0 aliphatic rings. The summed E-state index contributed by atoms with van der Waals surface area (Å²) in [6.07, 6.45) is 2.29. The molecule has 4 nitrogen and oxygen atoms in total. The fraction of sp³-hybridized carbons (Fsp3) is 0.417. The first-order chi connectivity index (χ1) is 8.41. The number of nitrogen functional groups attached to an aromatic ring is 1. The Morgan fingerprint density at radius 1 is 1.56 bits per heavy atom. The van der Waals surface area contributed by atoms with E-state index >= 15 is 0 Å². The lowest BCUT2D eigenvalue weighted by molar-refractivity contribution is 0.0940. The van der Waals surface area contributed by atoms with Gasteiger partial charge in [-0.2, -0.15) is 0 Å². The first-order valence-electron chi connectivity index (χ1n) is 5.56. The van der Waals surface area contributed by atoms with E-state index in [0.717, 1.165) is 0 Å². The van der Waals surface area contributed by atoms with E-state index < -0.39 is 10.8 Å². The SMILES string of the molecule is CC(CCS(C)=O)NC(=O)c1c(N)cccc1Cl. The van der Waals surface area contributed by atoms with Gasteiger partial charge < -0.3 is 11.1 Å². The van der Waals surface area contributed by atoms with Gasteiger partial charge in [0, 0.05) is 34.5 Å². The van der Waals surface area contributed by atoms with E-state index in [1.165, 1.54) is 0 Å². The highest BCUT2D eigenvalue weighted by Gasteiger charge is 2.15. The van der Waals surface area contributed by atoms with E-state index in [0.29, 0.717) is 28.4 Å². The van der Waals surface area contributed by atoms with Crippen LogP contribution in [0.5, 0.6) is 0 Å². The number of halogens is 1. The maximum Gasteiger partial charge on any atom is 0.255 e. The van der Waals surface area contributed by atoms with Crippen LogP contribution >= 0.6 is 11.6 Å². The van der Waals surface area contributed by atoms with Gasteiger partial charge in [-0.1, -0.05) is 17.7 Å². The van der Waals surface area contributed by atoms with Crippen molar-refractivity contribution in [1.82, 2.24) is 5.32 Å². The molecule has 2 unspecified atom stereocenters. The largest absolute Gasteiger partial charge is 0.398 e. The summed E-state index contributed by atoms with van der Waals surface area (Å²) < 4.78 is 11.0. The second kappa shape index (κ2) is 6.75. The van der Waals surface area contributed by atoms with Gasteiger partial charge in [-0.3, -0.25) is 9.00 Å². The fourth-order valence-corrected chi connectivity index (χ4v) is 2.44. The summed E-state index contributed by atoms with van der Waals surface area (Å²) in [5, 5.41) is 3.13. The highest BCUT2D eigenvalue weighted by molar-refractivity contribution is 7.84. The van der Waals surface area contributed by atoms with Gasteiger partial charge in [-0.15, -0.1) is 0 Å². The molecule has 0 saturated heterocycles. The maximum atomic E-state index is 12.0. The van der Waals surface area contributed by atoms with Gasteiger partial charge in [0.05, 0.1) is 10.6 Å². The van der Waals surface area contributed by atoms with Crippen LogP contribution in [0.4, 0.5) is 5.69 Å². The number of amides is 1. The Labute approximate surface area is 114 Å². The Morgan fingerprint density at radius 3 is 2.78 bits per heavy atom. The third-order valence-electron chi connectivity index (χ3n) is 2.49. The summed E-state index contributed by atoms with van der Waals surface area (Å²) in [4.78, 5) is 12.0. The minimum atomic E-state index is -0.856. The van der Waals surface area contributed by atoms with Gasteiger partial charge in [0.2, 0.25) is 0 Å². The molecule has 1 rings (SSSR count). The minimum absolute atomic E-state index is 0.0722. The Morgan fingerprint density at radius 2 is 2.22 bits per heavy atom. The number of hydrogen-bond acceptors (Lipinski definition) is 3. The normalized spacial score (nSPS) is 13.9. The molecular formula is C12H17ClN2O2S. The van der Waals surface area contributed by atoms with Gasteiger partial charge in [-0.05, 0) is 25.5 Å². The summed E-state index contributed by atoms with van der Waals surface area (Å²) in [6, 6.07) is 4.88. The molecule has 100 valence electrons. The van der Waals surface area contributed by atoms with Gasteiger partial charge in [0.15, 0.2) is 0 Å². The number of nitrogens with one attached hydrogen (secondary N) is 1. The Bertz CT molecular complexity index is 445. The number of benzene rings is 1. The molecule has 1 amide bonds. The first kappa shape index (κ1) is 15.0. The molecule has 0 aromatic heterocycles. The van der Waals surface area contributed by atoms with E-state index in [2.05, 4.69) is 5.32 Å². The van der Waals surface area contributed by atoms with Gasteiger partial charge in [0.1, 0.15) is 0 Å². The molecule has 0 aliphatic heterocycles. The molecule has 0 spiro atoms. The van der Waals surface area contributed by atoms with Crippen LogP contribution in [0, 0.1) is 0 Å². The first-order valence-corrected chi connectivity index (χ1v) is 7.67. The molecule has 2 atom stereocenters. The lowest BCUT2D eigenvalue weighted by Gasteiger charge is -2.14. The van der Waals surface area contributed by atoms with E-state index in [9.17, 15) is 9.00 Å². The average Bonchev–Trinajstić information content (AvgIpc) is 2.26. The van der Waals surface area contributed by atoms with E-state index in [-0.39, 0.29) is 11.9 Å². The predicted molar refractivity (Wildman–Crippen MR) is 76.3 cm³/mol. The monoisotopic (exact) mass is 288 g/mol. The van der Waals surface area contributed by atoms with Crippen LogP contribution in [0.2, 0.25) is 5.02 Å². The van der Waals surface area contributed by atoms with E-state index in [4.69, 9.17) is 17.3 Å². The van der Waals surface area contributed by atoms with Crippen molar-refractivity contribution in [2.75, 3.05) is 17.7 Å². The Kier molecular flexibility index (Phi) is 5.62. The Balaban J connectivity index is 2.68. The molecule has 3 N–H and O–H groups in total. The summed E-state index contributed by atoms with van der Waals surface area (Å²) in [7, 11) is -0.856. The van der Waals surface area contributed by atoms with Crippen LogP contribution in [0.1, 0.15) is 23.7 Å². The van der Waals surface area contributed by atoms with Crippen molar-refractivity contribution in [2.45, 2.75) is 19.4 Å². The molecule has 1 aromatic carbocycles. The highest BCUT2D eigenvalue weighted by atomic mass is 35.5. The molecular weight excluding hydrogens is 272 g/mol. The van der Waals surface area contributed by atoms with Crippen LogP contribution in [0.15, 0.2) is 18.2 Å². The molecule has 6 heteroatoms. The van der Waals surface area contributed by atoms with Crippen LogP contribution in [0.3, 0.4) is 0 Å². The lowest BCUT2D eigenvalue weighted by atomic mass is 10.1. The van der Waals surface area contributed by atoms with Crippen LogP contribution < -0.4 is 11.1 Å². The average molecular weight is 289 g/mol. The molecule has 18 heavy (non-hydrogen) atoms. The second-order valence-electron chi connectivity index (χ2n) is 4.14. The highest BCUT2D eigenvalue weighted by Crippen LogP contribution is 2.21. The summed E-state index contributed by atoms with van der Waals surface area (Å²) in [5.41, 5.74) is 6.37. The summed E-state index contributed by atoms with van der Waals surface area (Å²) in [6.45, 7) is 1.86. The number of carbonyl (C=O) groups is 1. The number of rotatable bonds is 5. The quantitative estimate of drug-likeness (QED) is 0.812. The van der Waals surface area contributed by atoms with Gasteiger partial charge in [-0.25, -0.2) is 0 Å². The molecule has 0 radical (unpaired) electrons. The maximum absolute atomic E-state index is 12.0. The van der Waals surface area contributed by atoms with Crippen molar-refractivity contribution in [2.24, 2.45) is 0 Å². The Hall–Kier alpha value is -1.07. The van der Waals surface area contributed by atoms with E-state index in [1.807, 2.05) is 6.92 Å². The zero-order chi connectivity index (χ0) is 13.7. The smallest absolute Gasteiger partial charge is 0.255 e. The van der Waals surface area contributed by atoms with Crippen molar-refractivity contribution in [3.8, 4) is 0 Å². The molecule has 0 bridgehead atoms. The fourth-order valence-electron chi connectivity index (χ4n) is 1.49. The topological polar surface area (TPSA) is 72.2 Å².